The minimum atomic E-state index is 0.278. The third kappa shape index (κ3) is 3.14. The fraction of sp³-hybridized carbons (Fsp3) is 0.105. The van der Waals surface area contributed by atoms with Crippen molar-refractivity contribution in [3.63, 3.8) is 0 Å². The van der Waals surface area contributed by atoms with Crippen molar-refractivity contribution in [1.82, 2.24) is 19.6 Å². The monoisotopic (exact) mass is 346 g/mol. The number of aromatic nitrogens is 4. The van der Waals surface area contributed by atoms with Gasteiger partial charge >= 0.3 is 0 Å². The number of ether oxygens (including phenoxy) is 1. The molecule has 2 aromatic heterocycles. The van der Waals surface area contributed by atoms with E-state index in [1.165, 1.54) is 4.52 Å². The highest BCUT2D eigenvalue weighted by atomic mass is 16.5. The van der Waals surface area contributed by atoms with E-state index in [2.05, 4.69) is 20.4 Å². The van der Waals surface area contributed by atoms with Crippen LogP contribution in [0.2, 0.25) is 0 Å². The van der Waals surface area contributed by atoms with Crippen molar-refractivity contribution >= 4 is 17.4 Å². The minimum absolute atomic E-state index is 0.278. The third-order valence-corrected chi connectivity index (χ3v) is 3.99. The lowest BCUT2D eigenvalue weighted by Crippen LogP contribution is -2.07. The fourth-order valence-electron chi connectivity index (χ4n) is 2.68. The fourth-order valence-corrected chi connectivity index (χ4v) is 2.68. The molecule has 2 heterocycles. The summed E-state index contributed by atoms with van der Waals surface area (Å²) in [5.74, 6) is 2.25. The van der Waals surface area contributed by atoms with Crippen molar-refractivity contribution in [3.05, 3.63) is 66.2 Å². The van der Waals surface area contributed by atoms with Gasteiger partial charge in [-0.25, -0.2) is 4.98 Å². The summed E-state index contributed by atoms with van der Waals surface area (Å²) in [4.78, 5) is 8.93. The molecule has 26 heavy (non-hydrogen) atoms. The Morgan fingerprint density at radius 1 is 1.04 bits per heavy atom. The van der Waals surface area contributed by atoms with E-state index in [1.807, 2.05) is 60.7 Å². The van der Waals surface area contributed by atoms with Crippen molar-refractivity contribution in [2.24, 2.45) is 0 Å². The molecule has 2 aromatic carbocycles. The molecule has 0 fully saturated rings. The number of methoxy groups -OCH3 is 1. The number of fused-ring (bicyclic) bond motifs is 1. The summed E-state index contributed by atoms with van der Waals surface area (Å²) in [6, 6.07) is 19.5. The predicted molar refractivity (Wildman–Crippen MR) is 101 cm³/mol. The molecule has 0 radical (unpaired) electrons. The highest BCUT2D eigenvalue weighted by Crippen LogP contribution is 2.23. The van der Waals surface area contributed by atoms with Crippen LogP contribution in [0.3, 0.4) is 0 Å². The van der Waals surface area contributed by atoms with E-state index in [9.17, 15) is 0 Å². The van der Waals surface area contributed by atoms with E-state index in [4.69, 9.17) is 10.5 Å². The number of nitrogens with two attached hydrogens (primary N) is 1. The van der Waals surface area contributed by atoms with Crippen molar-refractivity contribution < 1.29 is 4.74 Å². The summed E-state index contributed by atoms with van der Waals surface area (Å²) in [5.41, 5.74) is 8.70. The summed E-state index contributed by atoms with van der Waals surface area (Å²) in [5, 5.41) is 7.72. The zero-order valence-corrected chi connectivity index (χ0v) is 14.3. The normalized spacial score (nSPS) is 10.8. The Kier molecular flexibility index (Phi) is 4.10. The van der Waals surface area contributed by atoms with Crippen LogP contribution in [0, 0.1) is 0 Å². The van der Waals surface area contributed by atoms with E-state index in [0.717, 1.165) is 16.9 Å². The van der Waals surface area contributed by atoms with Gasteiger partial charge in [0.2, 0.25) is 5.95 Å². The van der Waals surface area contributed by atoms with Gasteiger partial charge in [-0.15, -0.1) is 5.10 Å². The Bertz CT molecular complexity index is 1040. The van der Waals surface area contributed by atoms with Gasteiger partial charge in [0.15, 0.2) is 11.5 Å². The number of benzene rings is 2. The van der Waals surface area contributed by atoms with Gasteiger partial charge in [-0.1, -0.05) is 42.5 Å². The molecule has 0 saturated carbocycles. The topological polar surface area (TPSA) is 90.4 Å². The lowest BCUT2D eigenvalue weighted by Gasteiger charge is -2.06. The highest BCUT2D eigenvalue weighted by molar-refractivity contribution is 5.63. The maximum atomic E-state index is 6.06. The average Bonchev–Trinajstić information content (AvgIpc) is 3.12. The number of hydrogen-bond acceptors (Lipinski definition) is 6. The predicted octanol–water partition coefficient (Wildman–Crippen LogP) is 2.99. The molecule has 7 heteroatoms. The number of nitrogens with zero attached hydrogens (tertiary/aromatic N) is 4. The van der Waals surface area contributed by atoms with Gasteiger partial charge in [0.25, 0.3) is 0 Å². The molecular formula is C19H18N6O. The minimum Gasteiger partial charge on any atom is -0.497 e. The molecule has 0 unspecified atom stereocenters. The second kappa shape index (κ2) is 6.72. The Hall–Kier alpha value is -3.61. The van der Waals surface area contributed by atoms with Crippen molar-refractivity contribution in [3.8, 4) is 17.1 Å². The maximum absolute atomic E-state index is 6.06. The highest BCUT2D eigenvalue weighted by Gasteiger charge is 2.11. The van der Waals surface area contributed by atoms with Crippen LogP contribution >= 0.6 is 0 Å². The molecule has 0 atom stereocenters. The van der Waals surface area contributed by atoms with Crippen LogP contribution in [0.25, 0.3) is 17.0 Å². The Morgan fingerprint density at radius 2 is 1.88 bits per heavy atom. The van der Waals surface area contributed by atoms with Crippen LogP contribution in [-0.2, 0) is 6.54 Å². The number of nitrogens with one attached hydrogen (secondary N) is 1. The molecule has 0 bridgehead atoms. The van der Waals surface area contributed by atoms with Gasteiger partial charge in [-0.2, -0.15) is 9.50 Å². The zero-order chi connectivity index (χ0) is 17.9. The molecule has 4 aromatic rings. The van der Waals surface area contributed by atoms with Crippen LogP contribution in [0.1, 0.15) is 5.56 Å². The molecule has 4 rings (SSSR count). The molecule has 0 aliphatic rings. The second-order valence-electron chi connectivity index (χ2n) is 5.78. The van der Waals surface area contributed by atoms with Crippen LogP contribution in [0.4, 0.5) is 11.8 Å². The van der Waals surface area contributed by atoms with E-state index < -0.39 is 0 Å². The second-order valence-corrected chi connectivity index (χ2v) is 5.78. The number of hydrogen-bond donors (Lipinski definition) is 2. The van der Waals surface area contributed by atoms with Crippen LogP contribution in [-0.4, -0.2) is 26.7 Å². The zero-order valence-electron chi connectivity index (χ0n) is 14.3. The standard InChI is InChI=1S/C19H18N6O/c1-26-15-9-5-8-14(10-15)18-23-17-11-16(22-19(20)25(17)24-18)21-12-13-6-3-2-4-7-13/h2-11,21H,12H2,1H3,(H2,20,22). The van der Waals surface area contributed by atoms with Crippen LogP contribution in [0.15, 0.2) is 60.7 Å². The largest absolute Gasteiger partial charge is 0.497 e. The molecule has 0 aliphatic heterocycles. The molecule has 130 valence electrons. The van der Waals surface area contributed by atoms with E-state index in [-0.39, 0.29) is 5.95 Å². The van der Waals surface area contributed by atoms with E-state index in [0.29, 0.717) is 23.8 Å². The van der Waals surface area contributed by atoms with Gasteiger partial charge in [-0.3, -0.25) is 0 Å². The number of anilines is 2. The summed E-state index contributed by atoms with van der Waals surface area (Å²) in [6.45, 7) is 0.653. The first-order valence-electron chi connectivity index (χ1n) is 8.18. The smallest absolute Gasteiger partial charge is 0.225 e. The summed E-state index contributed by atoms with van der Waals surface area (Å²) in [6.07, 6.45) is 0. The van der Waals surface area contributed by atoms with Crippen LogP contribution in [0.5, 0.6) is 5.75 Å². The summed E-state index contributed by atoms with van der Waals surface area (Å²) < 4.78 is 6.79. The van der Waals surface area contributed by atoms with Crippen molar-refractivity contribution in [2.45, 2.75) is 6.54 Å². The van der Waals surface area contributed by atoms with Gasteiger partial charge in [0.05, 0.1) is 7.11 Å². The molecular weight excluding hydrogens is 328 g/mol. The van der Waals surface area contributed by atoms with Crippen molar-refractivity contribution in [1.29, 1.82) is 0 Å². The van der Waals surface area contributed by atoms with Gasteiger partial charge in [0, 0.05) is 18.2 Å². The Balaban J connectivity index is 1.64. The first-order chi connectivity index (χ1) is 12.7. The molecule has 0 saturated heterocycles. The first kappa shape index (κ1) is 15.9. The molecule has 0 spiro atoms. The number of nitrogen functional groups attached to an aromatic ring is 1. The van der Waals surface area contributed by atoms with Crippen LogP contribution < -0.4 is 15.8 Å². The molecule has 0 aliphatic carbocycles. The first-order valence-corrected chi connectivity index (χ1v) is 8.18. The lowest BCUT2D eigenvalue weighted by molar-refractivity contribution is 0.415. The quantitative estimate of drug-likeness (QED) is 0.577. The summed E-state index contributed by atoms with van der Waals surface area (Å²) >= 11 is 0. The van der Waals surface area contributed by atoms with E-state index >= 15 is 0 Å². The van der Waals surface area contributed by atoms with Gasteiger partial charge in [-0.05, 0) is 17.7 Å². The third-order valence-electron chi connectivity index (χ3n) is 3.99. The van der Waals surface area contributed by atoms with Gasteiger partial charge < -0.3 is 15.8 Å². The van der Waals surface area contributed by atoms with Crippen molar-refractivity contribution in [2.75, 3.05) is 18.2 Å². The summed E-state index contributed by atoms with van der Waals surface area (Å²) in [7, 11) is 1.63. The number of rotatable bonds is 5. The molecule has 7 nitrogen and oxygen atoms in total. The molecule has 3 N–H and O–H groups in total. The van der Waals surface area contributed by atoms with E-state index in [1.54, 1.807) is 7.11 Å². The Morgan fingerprint density at radius 3 is 2.69 bits per heavy atom. The Labute approximate surface area is 150 Å². The average molecular weight is 346 g/mol. The molecule has 0 amide bonds. The lowest BCUT2D eigenvalue weighted by atomic mass is 10.2. The maximum Gasteiger partial charge on any atom is 0.225 e. The SMILES string of the molecule is COc1cccc(-c2nc3cc(NCc4ccccc4)nc(N)n3n2)c1. The van der Waals surface area contributed by atoms with Gasteiger partial charge in [0.1, 0.15) is 11.6 Å².